The molecular formula is C17H20F3N3O. The van der Waals surface area contributed by atoms with Crippen LogP contribution in [0.1, 0.15) is 31.2 Å². The summed E-state index contributed by atoms with van der Waals surface area (Å²) in [6.07, 6.45) is -2.30. The Hall–Kier alpha value is -1.89. The Morgan fingerprint density at radius 3 is 2.88 bits per heavy atom. The van der Waals surface area contributed by atoms with Gasteiger partial charge in [-0.1, -0.05) is 12.1 Å². The van der Waals surface area contributed by atoms with E-state index in [4.69, 9.17) is 0 Å². The predicted molar refractivity (Wildman–Crippen MR) is 85.7 cm³/mol. The van der Waals surface area contributed by atoms with Gasteiger partial charge in [-0.05, 0) is 44.2 Å². The minimum Gasteiger partial charge on any atom is -0.388 e. The number of fused-ring (bicyclic) bond motifs is 1. The van der Waals surface area contributed by atoms with E-state index in [-0.39, 0.29) is 19.4 Å². The van der Waals surface area contributed by atoms with Gasteiger partial charge in [0.05, 0.1) is 17.0 Å². The number of aromatic nitrogens is 2. The molecule has 0 saturated heterocycles. The molecule has 0 aliphatic heterocycles. The van der Waals surface area contributed by atoms with Crippen molar-refractivity contribution in [1.82, 2.24) is 9.97 Å². The zero-order valence-electron chi connectivity index (χ0n) is 13.4. The van der Waals surface area contributed by atoms with Crippen LogP contribution in [0.3, 0.4) is 0 Å². The first-order valence-corrected chi connectivity index (χ1v) is 8.02. The molecule has 7 heteroatoms. The molecule has 0 bridgehead atoms. The van der Waals surface area contributed by atoms with Crippen LogP contribution in [0, 0.1) is 12.8 Å². The number of aliphatic hydroxyl groups is 1. The van der Waals surface area contributed by atoms with Crippen LogP contribution in [-0.4, -0.2) is 33.4 Å². The summed E-state index contributed by atoms with van der Waals surface area (Å²) >= 11 is 0. The van der Waals surface area contributed by atoms with Gasteiger partial charge in [0.15, 0.2) is 0 Å². The van der Waals surface area contributed by atoms with E-state index in [2.05, 4.69) is 15.3 Å². The van der Waals surface area contributed by atoms with E-state index in [0.29, 0.717) is 18.7 Å². The minimum atomic E-state index is -4.26. The minimum absolute atomic E-state index is 0.0413. The molecular weight excluding hydrogens is 319 g/mol. The van der Waals surface area contributed by atoms with E-state index < -0.39 is 17.7 Å². The number of anilines is 1. The molecule has 0 amide bonds. The van der Waals surface area contributed by atoms with Crippen LogP contribution < -0.4 is 5.32 Å². The quantitative estimate of drug-likeness (QED) is 0.892. The van der Waals surface area contributed by atoms with Crippen LogP contribution >= 0.6 is 0 Å². The number of hydrogen-bond donors (Lipinski definition) is 2. The summed E-state index contributed by atoms with van der Waals surface area (Å²) in [5, 5.41) is 14.4. The standard InChI is InChI=1S/C17H20F3N3O/c1-11-4-2-6-13-14(11)22-10-23-15(13)21-9-16(24)7-3-5-12(8-16)17(18,19)20/h2,4,6,10,12,24H,3,5,7-9H2,1H3,(H,21,22,23). The molecule has 1 aromatic carbocycles. The van der Waals surface area contributed by atoms with Crippen LogP contribution in [-0.2, 0) is 0 Å². The smallest absolute Gasteiger partial charge is 0.388 e. The third kappa shape index (κ3) is 3.45. The van der Waals surface area contributed by atoms with Gasteiger partial charge < -0.3 is 10.4 Å². The average Bonchev–Trinajstić information content (AvgIpc) is 2.53. The summed E-state index contributed by atoms with van der Waals surface area (Å²) < 4.78 is 38.8. The molecule has 1 fully saturated rings. The lowest BCUT2D eigenvalue weighted by atomic mass is 9.77. The Kier molecular flexibility index (Phi) is 4.38. The largest absolute Gasteiger partial charge is 0.391 e. The van der Waals surface area contributed by atoms with Crippen LogP contribution in [0.5, 0.6) is 0 Å². The van der Waals surface area contributed by atoms with Gasteiger partial charge in [-0.15, -0.1) is 0 Å². The van der Waals surface area contributed by atoms with E-state index in [1.165, 1.54) is 6.33 Å². The maximum absolute atomic E-state index is 12.9. The van der Waals surface area contributed by atoms with Crippen LogP contribution in [0.4, 0.5) is 19.0 Å². The van der Waals surface area contributed by atoms with E-state index in [1.54, 1.807) is 0 Å². The van der Waals surface area contributed by atoms with Crippen molar-refractivity contribution < 1.29 is 18.3 Å². The summed E-state index contributed by atoms with van der Waals surface area (Å²) in [4.78, 5) is 8.41. The highest BCUT2D eigenvalue weighted by molar-refractivity contribution is 5.90. The summed E-state index contributed by atoms with van der Waals surface area (Å²) in [5.41, 5.74) is 0.407. The number of rotatable bonds is 3. The fourth-order valence-corrected chi connectivity index (χ4v) is 3.40. The number of para-hydroxylation sites is 1. The molecule has 1 aliphatic carbocycles. The molecule has 0 spiro atoms. The predicted octanol–water partition coefficient (Wildman–Crippen LogP) is 3.83. The van der Waals surface area contributed by atoms with Crippen LogP contribution in [0.25, 0.3) is 10.9 Å². The number of halogens is 3. The Labute approximate surface area is 138 Å². The van der Waals surface area contributed by atoms with Gasteiger partial charge in [0, 0.05) is 11.9 Å². The highest BCUT2D eigenvalue weighted by Crippen LogP contribution is 2.41. The molecule has 1 aliphatic rings. The zero-order valence-corrected chi connectivity index (χ0v) is 13.4. The third-order valence-corrected chi connectivity index (χ3v) is 4.74. The van der Waals surface area contributed by atoms with E-state index >= 15 is 0 Å². The first-order valence-electron chi connectivity index (χ1n) is 8.02. The number of alkyl halides is 3. The molecule has 4 nitrogen and oxygen atoms in total. The van der Waals surface area contributed by atoms with Crippen molar-refractivity contribution in [2.24, 2.45) is 5.92 Å². The Bertz CT molecular complexity index is 735. The van der Waals surface area contributed by atoms with Crippen molar-refractivity contribution in [2.75, 3.05) is 11.9 Å². The Morgan fingerprint density at radius 1 is 1.33 bits per heavy atom. The average molecular weight is 339 g/mol. The molecule has 2 aromatic rings. The van der Waals surface area contributed by atoms with E-state index in [0.717, 1.165) is 16.5 Å². The Morgan fingerprint density at radius 2 is 2.12 bits per heavy atom. The number of aryl methyl sites for hydroxylation is 1. The molecule has 2 unspecified atom stereocenters. The molecule has 130 valence electrons. The first kappa shape index (κ1) is 17.0. The monoisotopic (exact) mass is 339 g/mol. The normalized spacial score (nSPS) is 25.0. The lowest BCUT2D eigenvalue weighted by Crippen LogP contribution is -2.45. The van der Waals surface area contributed by atoms with Gasteiger partial charge >= 0.3 is 6.18 Å². The first-order chi connectivity index (χ1) is 11.3. The van der Waals surface area contributed by atoms with Crippen molar-refractivity contribution in [1.29, 1.82) is 0 Å². The number of nitrogens with zero attached hydrogens (tertiary/aromatic N) is 2. The lowest BCUT2D eigenvalue weighted by molar-refractivity contribution is -0.199. The van der Waals surface area contributed by atoms with Gasteiger partial charge in [-0.25, -0.2) is 9.97 Å². The van der Waals surface area contributed by atoms with Crippen molar-refractivity contribution >= 4 is 16.7 Å². The lowest BCUT2D eigenvalue weighted by Gasteiger charge is -2.37. The molecule has 2 atom stereocenters. The topological polar surface area (TPSA) is 58.0 Å². The molecule has 3 rings (SSSR count). The highest BCUT2D eigenvalue weighted by Gasteiger charge is 2.46. The van der Waals surface area contributed by atoms with Gasteiger partial charge in [0.1, 0.15) is 12.1 Å². The SMILES string of the molecule is Cc1cccc2c(NCC3(O)CCCC(C(F)(F)F)C3)ncnc12. The Balaban J connectivity index is 1.77. The summed E-state index contributed by atoms with van der Waals surface area (Å²) in [6.45, 7) is 1.97. The maximum atomic E-state index is 12.9. The van der Waals surface area contributed by atoms with Gasteiger partial charge in [0.2, 0.25) is 0 Å². The second-order valence-corrected chi connectivity index (χ2v) is 6.61. The molecule has 24 heavy (non-hydrogen) atoms. The van der Waals surface area contributed by atoms with Crippen LogP contribution in [0.2, 0.25) is 0 Å². The summed E-state index contributed by atoms with van der Waals surface area (Å²) in [5.74, 6) is -0.909. The molecule has 1 heterocycles. The van der Waals surface area contributed by atoms with Crippen molar-refractivity contribution in [3.63, 3.8) is 0 Å². The van der Waals surface area contributed by atoms with Gasteiger partial charge in [0.25, 0.3) is 0 Å². The fraction of sp³-hybridized carbons (Fsp3) is 0.529. The summed E-state index contributed by atoms with van der Waals surface area (Å²) in [7, 11) is 0. The van der Waals surface area contributed by atoms with Gasteiger partial charge in [-0.3, -0.25) is 0 Å². The van der Waals surface area contributed by atoms with Crippen LogP contribution in [0.15, 0.2) is 24.5 Å². The molecule has 0 radical (unpaired) electrons. The highest BCUT2D eigenvalue weighted by atomic mass is 19.4. The number of benzene rings is 1. The fourth-order valence-electron chi connectivity index (χ4n) is 3.40. The second kappa shape index (κ2) is 6.20. The molecule has 1 aromatic heterocycles. The summed E-state index contributed by atoms with van der Waals surface area (Å²) in [6, 6.07) is 5.66. The van der Waals surface area contributed by atoms with Crippen molar-refractivity contribution in [3.05, 3.63) is 30.1 Å². The second-order valence-electron chi connectivity index (χ2n) is 6.61. The van der Waals surface area contributed by atoms with Crippen molar-refractivity contribution in [2.45, 2.75) is 44.4 Å². The van der Waals surface area contributed by atoms with Gasteiger partial charge in [-0.2, -0.15) is 13.2 Å². The number of nitrogens with one attached hydrogen (secondary N) is 1. The molecule has 1 saturated carbocycles. The van der Waals surface area contributed by atoms with E-state index in [9.17, 15) is 18.3 Å². The third-order valence-electron chi connectivity index (χ3n) is 4.74. The molecule has 2 N–H and O–H groups in total. The van der Waals surface area contributed by atoms with E-state index in [1.807, 2.05) is 25.1 Å². The van der Waals surface area contributed by atoms with Crippen molar-refractivity contribution in [3.8, 4) is 0 Å². The zero-order chi connectivity index (χ0) is 17.4. The number of hydrogen-bond acceptors (Lipinski definition) is 4. The maximum Gasteiger partial charge on any atom is 0.391 e.